The Morgan fingerprint density at radius 2 is 1.86 bits per heavy atom. The normalized spacial score (nSPS) is 21.5. The van der Waals surface area contributed by atoms with Crippen molar-refractivity contribution in [3.05, 3.63) is 41.9 Å². The molecule has 5 rings (SSSR count). The molecular formula is C22H30N4O2. The predicted octanol–water partition coefficient (Wildman–Crippen LogP) is 3.50. The molecule has 2 saturated heterocycles. The van der Waals surface area contributed by atoms with Crippen LogP contribution in [0.15, 0.2) is 28.9 Å². The van der Waals surface area contributed by atoms with E-state index in [-0.39, 0.29) is 5.91 Å². The standard InChI is InChI=1S/C22H30N4O2/c27-22(20-6-5-19(28-20)16-24-10-1-2-11-24)25-12-7-18(8-13-25)21-23-9-14-26(21)15-17-3-4-17/h5-6,9,14,17-18H,1-4,7-8,10-13,15-16H2. The van der Waals surface area contributed by atoms with E-state index >= 15 is 0 Å². The van der Waals surface area contributed by atoms with E-state index in [2.05, 4.69) is 20.6 Å². The van der Waals surface area contributed by atoms with Gasteiger partial charge >= 0.3 is 0 Å². The van der Waals surface area contributed by atoms with E-state index < -0.39 is 0 Å². The number of amides is 1. The fourth-order valence-corrected chi connectivity index (χ4v) is 4.65. The smallest absolute Gasteiger partial charge is 0.289 e. The van der Waals surface area contributed by atoms with Crippen molar-refractivity contribution in [2.75, 3.05) is 26.2 Å². The zero-order chi connectivity index (χ0) is 18.9. The van der Waals surface area contributed by atoms with Gasteiger partial charge in [0.1, 0.15) is 11.6 Å². The largest absolute Gasteiger partial charge is 0.455 e. The molecule has 28 heavy (non-hydrogen) atoms. The summed E-state index contributed by atoms with van der Waals surface area (Å²) in [6.07, 6.45) is 11.3. The highest BCUT2D eigenvalue weighted by atomic mass is 16.4. The van der Waals surface area contributed by atoms with Crippen LogP contribution < -0.4 is 0 Å². The highest BCUT2D eigenvalue weighted by molar-refractivity contribution is 5.91. The maximum Gasteiger partial charge on any atom is 0.289 e. The Bertz CT molecular complexity index is 808. The van der Waals surface area contributed by atoms with Crippen molar-refractivity contribution in [1.82, 2.24) is 19.4 Å². The van der Waals surface area contributed by atoms with Crippen molar-refractivity contribution in [3.8, 4) is 0 Å². The summed E-state index contributed by atoms with van der Waals surface area (Å²) in [5, 5.41) is 0. The average molecular weight is 383 g/mol. The number of aromatic nitrogens is 2. The summed E-state index contributed by atoms with van der Waals surface area (Å²) in [6, 6.07) is 3.81. The summed E-state index contributed by atoms with van der Waals surface area (Å²) in [6.45, 7) is 5.76. The monoisotopic (exact) mass is 382 g/mol. The van der Waals surface area contributed by atoms with Crippen LogP contribution in [0.25, 0.3) is 0 Å². The van der Waals surface area contributed by atoms with Gasteiger partial charge in [-0.15, -0.1) is 0 Å². The van der Waals surface area contributed by atoms with Crippen LogP contribution in [0.5, 0.6) is 0 Å². The number of nitrogens with zero attached hydrogens (tertiary/aromatic N) is 4. The topological polar surface area (TPSA) is 54.5 Å². The highest BCUT2D eigenvalue weighted by Gasteiger charge is 2.30. The van der Waals surface area contributed by atoms with Gasteiger partial charge in [0, 0.05) is 37.9 Å². The Balaban J connectivity index is 1.17. The molecule has 1 amide bonds. The van der Waals surface area contributed by atoms with Crippen LogP contribution in [-0.2, 0) is 13.1 Å². The summed E-state index contributed by atoms with van der Waals surface area (Å²) >= 11 is 0. The lowest BCUT2D eigenvalue weighted by atomic mass is 9.95. The van der Waals surface area contributed by atoms with E-state index in [0.29, 0.717) is 11.7 Å². The number of hydrogen-bond acceptors (Lipinski definition) is 4. The van der Waals surface area contributed by atoms with E-state index in [1.165, 1.54) is 31.5 Å². The molecule has 3 fully saturated rings. The first-order chi connectivity index (χ1) is 13.8. The molecule has 0 unspecified atom stereocenters. The van der Waals surface area contributed by atoms with Gasteiger partial charge in [-0.3, -0.25) is 9.69 Å². The lowest BCUT2D eigenvalue weighted by Crippen LogP contribution is -2.38. The first-order valence-electron chi connectivity index (χ1n) is 10.9. The van der Waals surface area contributed by atoms with Crippen molar-refractivity contribution >= 4 is 5.91 Å². The van der Waals surface area contributed by atoms with E-state index in [0.717, 1.165) is 63.8 Å². The van der Waals surface area contributed by atoms with Gasteiger partial charge in [0.05, 0.1) is 6.54 Å². The second-order valence-corrected chi connectivity index (χ2v) is 8.70. The van der Waals surface area contributed by atoms with E-state index in [4.69, 9.17) is 4.42 Å². The molecule has 0 spiro atoms. The molecule has 2 aromatic heterocycles. The van der Waals surface area contributed by atoms with Crippen molar-refractivity contribution in [2.45, 2.75) is 57.5 Å². The number of furan rings is 1. The molecule has 4 heterocycles. The molecule has 0 radical (unpaired) electrons. The highest BCUT2D eigenvalue weighted by Crippen LogP contribution is 2.33. The van der Waals surface area contributed by atoms with Gasteiger partial charge in [-0.25, -0.2) is 4.98 Å². The first kappa shape index (κ1) is 18.0. The molecule has 150 valence electrons. The summed E-state index contributed by atoms with van der Waals surface area (Å²) < 4.78 is 8.22. The number of hydrogen-bond donors (Lipinski definition) is 0. The molecule has 2 aromatic rings. The van der Waals surface area contributed by atoms with Crippen molar-refractivity contribution in [2.24, 2.45) is 5.92 Å². The second kappa shape index (κ2) is 7.74. The van der Waals surface area contributed by atoms with Crippen LogP contribution in [0.2, 0.25) is 0 Å². The molecule has 1 aliphatic carbocycles. The third-order valence-electron chi connectivity index (χ3n) is 6.50. The van der Waals surface area contributed by atoms with Gasteiger partial charge < -0.3 is 13.9 Å². The summed E-state index contributed by atoms with van der Waals surface area (Å²) in [5.41, 5.74) is 0. The molecular weight excluding hydrogens is 352 g/mol. The zero-order valence-corrected chi connectivity index (χ0v) is 16.6. The van der Waals surface area contributed by atoms with E-state index in [1.54, 1.807) is 0 Å². The lowest BCUT2D eigenvalue weighted by molar-refractivity contribution is 0.0674. The van der Waals surface area contributed by atoms with Crippen molar-refractivity contribution < 1.29 is 9.21 Å². The van der Waals surface area contributed by atoms with Crippen molar-refractivity contribution in [3.63, 3.8) is 0 Å². The molecule has 0 atom stereocenters. The Labute approximate surface area is 166 Å². The molecule has 6 nitrogen and oxygen atoms in total. The number of carbonyl (C=O) groups excluding carboxylic acids is 1. The van der Waals surface area contributed by atoms with Crippen LogP contribution in [0.3, 0.4) is 0 Å². The van der Waals surface area contributed by atoms with E-state index in [9.17, 15) is 4.79 Å². The van der Waals surface area contributed by atoms with Crippen LogP contribution >= 0.6 is 0 Å². The van der Waals surface area contributed by atoms with Crippen LogP contribution in [-0.4, -0.2) is 51.4 Å². The van der Waals surface area contributed by atoms with Gasteiger partial charge in [-0.1, -0.05) is 0 Å². The Hall–Kier alpha value is -2.08. The zero-order valence-electron chi connectivity index (χ0n) is 16.6. The van der Waals surface area contributed by atoms with Gasteiger partial charge in [0.25, 0.3) is 5.91 Å². The predicted molar refractivity (Wildman–Crippen MR) is 106 cm³/mol. The molecule has 3 aliphatic rings. The minimum atomic E-state index is 0.0347. The van der Waals surface area contributed by atoms with Crippen molar-refractivity contribution in [1.29, 1.82) is 0 Å². The summed E-state index contributed by atoms with van der Waals surface area (Å²) in [5.74, 6) is 3.95. The fraction of sp³-hybridized carbons (Fsp3) is 0.636. The maximum atomic E-state index is 12.9. The summed E-state index contributed by atoms with van der Waals surface area (Å²) in [4.78, 5) is 21.8. The van der Waals surface area contributed by atoms with Gasteiger partial charge in [0.2, 0.25) is 0 Å². The number of carbonyl (C=O) groups is 1. The minimum absolute atomic E-state index is 0.0347. The SMILES string of the molecule is O=C(c1ccc(CN2CCCC2)o1)N1CCC(c2nccn2CC2CC2)CC1. The molecule has 0 aromatic carbocycles. The van der Waals surface area contributed by atoms with Crippen LogP contribution in [0.4, 0.5) is 0 Å². The average Bonchev–Trinajstić information content (AvgIpc) is 3.11. The second-order valence-electron chi connectivity index (χ2n) is 8.70. The summed E-state index contributed by atoms with van der Waals surface area (Å²) in [7, 11) is 0. The third kappa shape index (κ3) is 3.88. The third-order valence-corrected chi connectivity index (χ3v) is 6.50. The number of imidazole rings is 1. The number of likely N-dealkylation sites (tertiary alicyclic amines) is 2. The Morgan fingerprint density at radius 3 is 2.61 bits per heavy atom. The Morgan fingerprint density at radius 1 is 1.07 bits per heavy atom. The minimum Gasteiger partial charge on any atom is -0.455 e. The van der Waals surface area contributed by atoms with Gasteiger partial charge in [-0.2, -0.15) is 0 Å². The molecule has 6 heteroatoms. The quantitative estimate of drug-likeness (QED) is 0.767. The lowest BCUT2D eigenvalue weighted by Gasteiger charge is -2.31. The molecule has 0 N–H and O–H groups in total. The van der Waals surface area contributed by atoms with Crippen LogP contribution in [0.1, 0.15) is 66.6 Å². The molecule has 2 aliphatic heterocycles. The van der Waals surface area contributed by atoms with E-state index in [1.807, 2.05) is 23.2 Å². The molecule has 0 bridgehead atoms. The van der Waals surface area contributed by atoms with Gasteiger partial charge in [-0.05, 0) is 69.7 Å². The maximum absolute atomic E-state index is 12.9. The number of piperidine rings is 1. The Kier molecular flexibility index (Phi) is 4.97. The van der Waals surface area contributed by atoms with Gasteiger partial charge in [0.15, 0.2) is 5.76 Å². The first-order valence-corrected chi connectivity index (χ1v) is 10.9. The number of rotatable bonds is 6. The van der Waals surface area contributed by atoms with Crippen LogP contribution in [0, 0.1) is 5.92 Å². The fourth-order valence-electron chi connectivity index (χ4n) is 4.65. The molecule has 1 saturated carbocycles.